The Morgan fingerprint density at radius 3 is 2.24 bits per heavy atom. The van der Waals surface area contributed by atoms with E-state index in [4.69, 9.17) is 0 Å². The van der Waals surface area contributed by atoms with Crippen molar-refractivity contribution >= 4 is 5.69 Å². The van der Waals surface area contributed by atoms with Gasteiger partial charge in [-0.15, -0.1) is 0 Å². The highest BCUT2D eigenvalue weighted by atomic mass is 14.9. The average Bonchev–Trinajstić information content (AvgIpc) is 2.44. The Kier molecular flexibility index (Phi) is 4.72. The first-order valence-corrected chi connectivity index (χ1v) is 7.86. The first-order chi connectivity index (χ1) is 9.93. The Bertz CT molecular complexity index is 641. The maximum Gasteiger partial charge on any atom is 0.0488 e. The van der Waals surface area contributed by atoms with E-state index in [1.54, 1.807) is 0 Å². The van der Waals surface area contributed by atoms with Gasteiger partial charge >= 0.3 is 0 Å². The third-order valence-corrected chi connectivity index (χ3v) is 4.45. The first-order valence-electron chi connectivity index (χ1n) is 7.86. The number of hydrogen-bond acceptors (Lipinski definition) is 1. The molecule has 1 atom stereocenters. The molecule has 0 aromatic heterocycles. The fourth-order valence-corrected chi connectivity index (χ4v) is 2.97. The summed E-state index contributed by atoms with van der Waals surface area (Å²) in [6.07, 6.45) is 1.06. The van der Waals surface area contributed by atoms with Crippen molar-refractivity contribution in [2.45, 2.75) is 54.0 Å². The van der Waals surface area contributed by atoms with Crippen LogP contribution in [0.25, 0.3) is 0 Å². The molecule has 21 heavy (non-hydrogen) atoms. The van der Waals surface area contributed by atoms with Crippen molar-refractivity contribution in [2.24, 2.45) is 0 Å². The lowest BCUT2D eigenvalue weighted by Crippen LogP contribution is -2.11. The highest BCUT2D eigenvalue weighted by Gasteiger charge is 2.12. The molecule has 112 valence electrons. The van der Waals surface area contributed by atoms with E-state index in [1.165, 1.54) is 39.1 Å². The van der Waals surface area contributed by atoms with Gasteiger partial charge in [-0.3, -0.25) is 0 Å². The first kappa shape index (κ1) is 15.6. The maximum atomic E-state index is 3.73. The third kappa shape index (κ3) is 3.29. The number of anilines is 1. The molecule has 2 aromatic carbocycles. The molecule has 0 bridgehead atoms. The van der Waals surface area contributed by atoms with Crippen LogP contribution in [-0.4, -0.2) is 0 Å². The normalized spacial score (nSPS) is 12.3. The van der Waals surface area contributed by atoms with Crippen LogP contribution in [-0.2, 0) is 6.42 Å². The largest absolute Gasteiger partial charge is 0.378 e. The summed E-state index contributed by atoms with van der Waals surface area (Å²) in [6.45, 7) is 13.2. The van der Waals surface area contributed by atoms with Crippen LogP contribution in [0.2, 0.25) is 0 Å². The van der Waals surface area contributed by atoms with Crippen LogP contribution in [0, 0.1) is 27.7 Å². The molecule has 0 heterocycles. The van der Waals surface area contributed by atoms with Gasteiger partial charge in [0.25, 0.3) is 0 Å². The zero-order chi connectivity index (χ0) is 15.6. The Hall–Kier alpha value is -1.76. The van der Waals surface area contributed by atoms with Crippen molar-refractivity contribution < 1.29 is 0 Å². The summed E-state index contributed by atoms with van der Waals surface area (Å²) in [7, 11) is 0. The molecule has 2 rings (SSSR count). The van der Waals surface area contributed by atoms with Crippen LogP contribution in [0.3, 0.4) is 0 Å². The van der Waals surface area contributed by atoms with Crippen molar-refractivity contribution in [1.82, 2.24) is 0 Å². The van der Waals surface area contributed by atoms with Gasteiger partial charge in [-0.2, -0.15) is 0 Å². The van der Waals surface area contributed by atoms with Crippen molar-refractivity contribution in [1.29, 1.82) is 0 Å². The van der Waals surface area contributed by atoms with Gasteiger partial charge in [0.15, 0.2) is 0 Å². The molecule has 0 aliphatic carbocycles. The highest BCUT2D eigenvalue weighted by Crippen LogP contribution is 2.28. The number of aryl methyl sites for hydroxylation is 5. The van der Waals surface area contributed by atoms with Gasteiger partial charge in [-0.05, 0) is 74.4 Å². The van der Waals surface area contributed by atoms with Crippen molar-refractivity contribution in [3.63, 3.8) is 0 Å². The zero-order valence-electron chi connectivity index (χ0n) is 14.2. The number of nitrogens with one attached hydrogen (secondary N) is 1. The molecule has 0 amide bonds. The van der Waals surface area contributed by atoms with Gasteiger partial charge in [-0.1, -0.05) is 37.3 Å². The second-order valence-corrected chi connectivity index (χ2v) is 6.12. The van der Waals surface area contributed by atoms with E-state index in [9.17, 15) is 0 Å². The summed E-state index contributed by atoms with van der Waals surface area (Å²) in [5.74, 6) is 0. The molecule has 1 nitrogen and oxygen atoms in total. The van der Waals surface area contributed by atoms with Crippen LogP contribution < -0.4 is 5.32 Å². The smallest absolute Gasteiger partial charge is 0.0488 e. The summed E-state index contributed by atoms with van der Waals surface area (Å²) < 4.78 is 0. The Morgan fingerprint density at radius 2 is 1.57 bits per heavy atom. The molecule has 0 aliphatic heterocycles. The maximum absolute atomic E-state index is 3.73. The molecule has 1 unspecified atom stereocenters. The second kappa shape index (κ2) is 6.34. The molecule has 2 aromatic rings. The summed E-state index contributed by atoms with van der Waals surface area (Å²) in [5, 5.41) is 3.73. The molecule has 0 aliphatic rings. The molecule has 0 saturated carbocycles. The molecular formula is C20H27N. The topological polar surface area (TPSA) is 12.0 Å². The molecular weight excluding hydrogens is 254 g/mol. The van der Waals surface area contributed by atoms with Crippen molar-refractivity contribution in [3.8, 4) is 0 Å². The minimum atomic E-state index is 0.315. The van der Waals surface area contributed by atoms with E-state index < -0.39 is 0 Å². The summed E-state index contributed by atoms with van der Waals surface area (Å²) >= 11 is 0. The van der Waals surface area contributed by atoms with Gasteiger partial charge in [-0.25, -0.2) is 0 Å². The zero-order valence-corrected chi connectivity index (χ0v) is 14.2. The van der Waals surface area contributed by atoms with Crippen LogP contribution in [0.5, 0.6) is 0 Å². The van der Waals surface area contributed by atoms with Gasteiger partial charge in [0.05, 0.1) is 0 Å². The lowest BCUT2D eigenvalue weighted by atomic mass is 9.95. The Labute approximate surface area is 129 Å². The standard InChI is InChI=1S/C20H27N/c1-7-18-10-8-9-13(2)20(18)21-17(6)19-12-15(4)14(3)11-16(19)5/h8-12,17,21H,7H2,1-6H3. The van der Waals surface area contributed by atoms with Crippen LogP contribution in [0.1, 0.15) is 53.3 Å². The molecule has 1 N–H and O–H groups in total. The number of rotatable bonds is 4. The van der Waals surface area contributed by atoms with Crippen LogP contribution in [0.15, 0.2) is 30.3 Å². The quantitative estimate of drug-likeness (QED) is 0.763. The minimum Gasteiger partial charge on any atom is -0.378 e. The SMILES string of the molecule is CCc1cccc(C)c1NC(C)c1cc(C)c(C)cc1C. The molecule has 1 heteroatoms. The van der Waals surface area contributed by atoms with Gasteiger partial charge < -0.3 is 5.32 Å². The number of para-hydroxylation sites is 1. The van der Waals surface area contributed by atoms with E-state index in [0.29, 0.717) is 6.04 Å². The van der Waals surface area contributed by atoms with Gasteiger partial charge in [0, 0.05) is 11.7 Å². The molecule has 0 fully saturated rings. The van der Waals surface area contributed by atoms with E-state index >= 15 is 0 Å². The lowest BCUT2D eigenvalue weighted by molar-refractivity contribution is 0.863. The average molecular weight is 281 g/mol. The minimum absolute atomic E-state index is 0.315. The van der Waals surface area contributed by atoms with Crippen molar-refractivity contribution in [3.05, 3.63) is 63.7 Å². The predicted octanol–water partition coefficient (Wildman–Crippen LogP) is 5.66. The van der Waals surface area contributed by atoms with Gasteiger partial charge in [0.1, 0.15) is 0 Å². The third-order valence-electron chi connectivity index (χ3n) is 4.45. The van der Waals surface area contributed by atoms with E-state index in [-0.39, 0.29) is 0 Å². The van der Waals surface area contributed by atoms with E-state index in [2.05, 4.69) is 77.2 Å². The summed E-state index contributed by atoms with van der Waals surface area (Å²) in [6, 6.07) is 11.5. The van der Waals surface area contributed by atoms with Crippen LogP contribution in [0.4, 0.5) is 5.69 Å². The lowest BCUT2D eigenvalue weighted by Gasteiger charge is -2.22. The molecule has 0 spiro atoms. The fraction of sp³-hybridized carbons (Fsp3) is 0.400. The summed E-state index contributed by atoms with van der Waals surface area (Å²) in [4.78, 5) is 0. The van der Waals surface area contributed by atoms with Crippen molar-refractivity contribution in [2.75, 3.05) is 5.32 Å². The van der Waals surface area contributed by atoms with E-state index in [1.807, 2.05) is 0 Å². The fourth-order valence-electron chi connectivity index (χ4n) is 2.97. The van der Waals surface area contributed by atoms with Crippen LogP contribution >= 0.6 is 0 Å². The Morgan fingerprint density at radius 1 is 0.905 bits per heavy atom. The highest BCUT2D eigenvalue weighted by molar-refractivity contribution is 5.58. The second-order valence-electron chi connectivity index (χ2n) is 6.12. The van der Waals surface area contributed by atoms with Gasteiger partial charge in [0.2, 0.25) is 0 Å². The monoisotopic (exact) mass is 281 g/mol. The summed E-state index contributed by atoms with van der Waals surface area (Å²) in [5.41, 5.74) is 9.50. The molecule has 0 radical (unpaired) electrons. The number of benzene rings is 2. The molecule has 0 saturated heterocycles. The van der Waals surface area contributed by atoms with E-state index in [0.717, 1.165) is 6.42 Å². The number of hydrogen-bond donors (Lipinski definition) is 1. The predicted molar refractivity (Wildman–Crippen MR) is 93.2 cm³/mol. The Balaban J connectivity index is 2.35.